The minimum atomic E-state index is -4.26. The van der Waals surface area contributed by atoms with Crippen molar-refractivity contribution in [3.05, 3.63) is 0 Å². The lowest BCUT2D eigenvalue weighted by molar-refractivity contribution is 0.193. The number of unbranched alkanes of at least 4 members (excludes halogenated alkanes) is 10. The highest BCUT2D eigenvalue weighted by atomic mass is 31.2. The summed E-state index contributed by atoms with van der Waals surface area (Å²) >= 11 is 0. The van der Waals surface area contributed by atoms with E-state index in [1.807, 2.05) is 0 Å². The van der Waals surface area contributed by atoms with E-state index in [-0.39, 0.29) is 6.61 Å². The van der Waals surface area contributed by atoms with Crippen LogP contribution in [0, 0.1) is 0 Å². The van der Waals surface area contributed by atoms with Crippen molar-refractivity contribution in [2.45, 2.75) is 70.6 Å². The van der Waals surface area contributed by atoms with E-state index >= 15 is 0 Å². The predicted molar refractivity (Wildman–Crippen MR) is 77.8 cm³/mol. The van der Waals surface area contributed by atoms with E-state index < -0.39 is 7.82 Å². The molecule has 0 aliphatic rings. The first-order valence-electron chi connectivity index (χ1n) is 7.46. The molecule has 0 unspecified atom stereocenters. The van der Waals surface area contributed by atoms with Crippen LogP contribution < -0.4 is 5.73 Å². The van der Waals surface area contributed by atoms with Gasteiger partial charge in [0.25, 0.3) is 0 Å². The number of rotatable bonds is 14. The van der Waals surface area contributed by atoms with E-state index in [4.69, 9.17) is 15.5 Å². The second kappa shape index (κ2) is 13.1. The third kappa shape index (κ3) is 18.1. The summed E-state index contributed by atoms with van der Waals surface area (Å²) in [6.45, 7) is 0.969. The van der Waals surface area contributed by atoms with Gasteiger partial charge < -0.3 is 15.5 Å². The van der Waals surface area contributed by atoms with Gasteiger partial charge in [0, 0.05) is 0 Å². The van der Waals surface area contributed by atoms with Crippen LogP contribution >= 0.6 is 7.82 Å². The molecule has 116 valence electrons. The summed E-state index contributed by atoms with van der Waals surface area (Å²) in [5.41, 5.74) is 5.43. The molecular weight excluding hydrogens is 265 g/mol. The summed E-state index contributed by atoms with van der Waals surface area (Å²) in [6.07, 6.45) is 12.9. The zero-order valence-electron chi connectivity index (χ0n) is 11.9. The SMILES string of the molecule is NCCCCCCCCCCCCCOP(=O)(O)O. The monoisotopic (exact) mass is 295 g/mol. The zero-order valence-corrected chi connectivity index (χ0v) is 12.8. The van der Waals surface area contributed by atoms with Gasteiger partial charge in [0.05, 0.1) is 6.61 Å². The topological polar surface area (TPSA) is 92.8 Å². The lowest BCUT2D eigenvalue weighted by Gasteiger charge is -2.05. The van der Waals surface area contributed by atoms with Crippen molar-refractivity contribution in [1.82, 2.24) is 0 Å². The summed E-state index contributed by atoms with van der Waals surface area (Å²) in [6, 6.07) is 0. The van der Waals surface area contributed by atoms with Gasteiger partial charge in [-0.15, -0.1) is 0 Å². The van der Waals surface area contributed by atoms with E-state index in [2.05, 4.69) is 4.52 Å². The third-order valence-corrected chi connectivity index (χ3v) is 3.63. The smallest absolute Gasteiger partial charge is 0.330 e. The highest BCUT2D eigenvalue weighted by Crippen LogP contribution is 2.35. The Labute approximate surface area is 117 Å². The van der Waals surface area contributed by atoms with Gasteiger partial charge in [0.15, 0.2) is 0 Å². The summed E-state index contributed by atoms with van der Waals surface area (Å²) in [5, 5.41) is 0. The highest BCUT2D eigenvalue weighted by molar-refractivity contribution is 7.46. The maximum Gasteiger partial charge on any atom is 0.469 e. The van der Waals surface area contributed by atoms with Gasteiger partial charge in [0.2, 0.25) is 0 Å². The molecule has 0 aromatic rings. The Bertz CT molecular complexity index is 233. The molecule has 5 nitrogen and oxygen atoms in total. The number of phosphoric acid groups is 1. The van der Waals surface area contributed by atoms with Crippen molar-refractivity contribution in [3.8, 4) is 0 Å². The first-order valence-corrected chi connectivity index (χ1v) is 8.99. The molecule has 19 heavy (non-hydrogen) atoms. The lowest BCUT2D eigenvalue weighted by Crippen LogP contribution is -1.97. The average molecular weight is 295 g/mol. The Morgan fingerprint density at radius 1 is 0.737 bits per heavy atom. The van der Waals surface area contributed by atoms with Gasteiger partial charge in [-0.05, 0) is 19.4 Å². The minimum Gasteiger partial charge on any atom is -0.330 e. The Hall–Kier alpha value is 0.0700. The minimum absolute atomic E-state index is 0.158. The Balaban J connectivity index is 3.01. The molecule has 0 radical (unpaired) electrons. The fraction of sp³-hybridized carbons (Fsp3) is 1.00. The standard InChI is InChI=1S/C13H30NO4P/c14-12-10-8-6-4-2-1-3-5-7-9-11-13-18-19(15,16)17/h1-14H2,(H2,15,16,17). The summed E-state index contributed by atoms with van der Waals surface area (Å²) in [7, 11) is -4.26. The van der Waals surface area contributed by atoms with Crippen molar-refractivity contribution >= 4 is 7.82 Å². The van der Waals surface area contributed by atoms with Crippen molar-refractivity contribution in [3.63, 3.8) is 0 Å². The molecule has 4 N–H and O–H groups in total. The average Bonchev–Trinajstić information content (AvgIpc) is 2.34. The first kappa shape index (κ1) is 19.1. The molecule has 0 spiro atoms. The molecule has 0 aliphatic carbocycles. The van der Waals surface area contributed by atoms with E-state index in [9.17, 15) is 4.57 Å². The molecule has 0 saturated carbocycles. The van der Waals surface area contributed by atoms with Gasteiger partial charge in [-0.25, -0.2) is 4.57 Å². The molecule has 0 rings (SSSR count). The maximum atomic E-state index is 10.4. The molecule has 0 bridgehead atoms. The molecule has 0 aliphatic heterocycles. The molecule has 0 amide bonds. The van der Waals surface area contributed by atoms with Gasteiger partial charge in [-0.2, -0.15) is 0 Å². The van der Waals surface area contributed by atoms with Gasteiger partial charge in [-0.1, -0.05) is 57.8 Å². The number of hydrogen-bond acceptors (Lipinski definition) is 3. The second-order valence-electron chi connectivity index (χ2n) is 5.00. The van der Waals surface area contributed by atoms with E-state index in [0.29, 0.717) is 0 Å². The van der Waals surface area contributed by atoms with Gasteiger partial charge >= 0.3 is 7.82 Å². The molecule has 0 heterocycles. The normalized spacial score (nSPS) is 11.9. The van der Waals surface area contributed by atoms with Crippen molar-refractivity contribution in [2.75, 3.05) is 13.2 Å². The van der Waals surface area contributed by atoms with Crippen LogP contribution in [-0.4, -0.2) is 22.9 Å². The van der Waals surface area contributed by atoms with Gasteiger partial charge in [0.1, 0.15) is 0 Å². The van der Waals surface area contributed by atoms with Crippen LogP contribution in [0.1, 0.15) is 70.6 Å². The van der Waals surface area contributed by atoms with Crippen LogP contribution in [0.25, 0.3) is 0 Å². The highest BCUT2D eigenvalue weighted by Gasteiger charge is 2.12. The molecular formula is C13H30NO4P. The van der Waals surface area contributed by atoms with Crippen LogP contribution in [0.15, 0.2) is 0 Å². The quantitative estimate of drug-likeness (QED) is 0.337. The predicted octanol–water partition coefficient (Wildman–Crippen LogP) is 3.35. The van der Waals surface area contributed by atoms with E-state index in [1.54, 1.807) is 0 Å². The summed E-state index contributed by atoms with van der Waals surface area (Å²) in [4.78, 5) is 17.0. The van der Waals surface area contributed by atoms with E-state index in [0.717, 1.165) is 32.2 Å². The largest absolute Gasteiger partial charge is 0.469 e. The number of nitrogens with two attached hydrogens (primary N) is 1. The third-order valence-electron chi connectivity index (χ3n) is 3.11. The number of phosphoric ester groups is 1. The Kier molecular flexibility index (Phi) is 13.1. The summed E-state index contributed by atoms with van der Waals surface area (Å²) < 4.78 is 14.8. The maximum absolute atomic E-state index is 10.4. The number of hydrogen-bond donors (Lipinski definition) is 3. The van der Waals surface area contributed by atoms with Crippen LogP contribution in [0.5, 0.6) is 0 Å². The van der Waals surface area contributed by atoms with Crippen LogP contribution in [-0.2, 0) is 9.09 Å². The van der Waals surface area contributed by atoms with Crippen LogP contribution in [0.3, 0.4) is 0 Å². The Morgan fingerprint density at radius 2 is 1.11 bits per heavy atom. The molecule has 0 atom stereocenters. The second-order valence-corrected chi connectivity index (χ2v) is 6.24. The molecule has 0 aromatic carbocycles. The Morgan fingerprint density at radius 3 is 1.47 bits per heavy atom. The van der Waals surface area contributed by atoms with Crippen molar-refractivity contribution in [1.29, 1.82) is 0 Å². The summed E-state index contributed by atoms with van der Waals surface area (Å²) in [5.74, 6) is 0. The van der Waals surface area contributed by atoms with Crippen molar-refractivity contribution < 1.29 is 18.9 Å². The van der Waals surface area contributed by atoms with Crippen LogP contribution in [0.4, 0.5) is 0 Å². The first-order chi connectivity index (χ1) is 9.06. The zero-order chi connectivity index (χ0) is 14.4. The molecule has 0 fully saturated rings. The van der Waals surface area contributed by atoms with Gasteiger partial charge in [-0.3, -0.25) is 4.52 Å². The van der Waals surface area contributed by atoms with Crippen LogP contribution in [0.2, 0.25) is 0 Å². The van der Waals surface area contributed by atoms with Crippen molar-refractivity contribution in [2.24, 2.45) is 5.73 Å². The lowest BCUT2D eigenvalue weighted by atomic mass is 10.1. The fourth-order valence-electron chi connectivity index (χ4n) is 2.02. The molecule has 0 aromatic heterocycles. The molecule has 6 heteroatoms. The van der Waals surface area contributed by atoms with E-state index in [1.165, 1.54) is 44.9 Å². The fourth-order valence-corrected chi connectivity index (χ4v) is 2.39. The molecule has 0 saturated heterocycles.